The molecule has 6 heteroatoms. The van der Waals surface area contributed by atoms with Crippen molar-refractivity contribution in [2.24, 2.45) is 0 Å². The molecule has 1 amide bonds. The van der Waals surface area contributed by atoms with Crippen LogP contribution in [0.4, 0.5) is 11.4 Å². The molecule has 108 valence electrons. The molecule has 0 saturated heterocycles. The van der Waals surface area contributed by atoms with Gasteiger partial charge in [0.1, 0.15) is 6.04 Å². The number of hydrogen-bond acceptors (Lipinski definition) is 4. The molecule has 0 spiro atoms. The Morgan fingerprint density at radius 1 is 1.40 bits per heavy atom. The molecule has 1 aromatic rings. The van der Waals surface area contributed by atoms with Crippen LogP contribution in [0.3, 0.4) is 0 Å². The first-order valence-electron chi connectivity index (χ1n) is 6.87. The number of nitro benzene ring substituents is 1. The summed E-state index contributed by atoms with van der Waals surface area (Å²) in [6.45, 7) is 1.75. The van der Waals surface area contributed by atoms with Crippen LogP contribution in [-0.2, 0) is 4.79 Å². The Balaban J connectivity index is 1.92. The van der Waals surface area contributed by atoms with Crippen LogP contribution in [0.15, 0.2) is 24.3 Å². The zero-order valence-corrected chi connectivity index (χ0v) is 11.5. The molecule has 0 radical (unpaired) electrons. The molecule has 0 heterocycles. The molecule has 20 heavy (non-hydrogen) atoms. The first-order valence-corrected chi connectivity index (χ1v) is 6.87. The van der Waals surface area contributed by atoms with Gasteiger partial charge in [0.25, 0.3) is 5.69 Å². The van der Waals surface area contributed by atoms with Gasteiger partial charge in [0.2, 0.25) is 5.91 Å². The summed E-state index contributed by atoms with van der Waals surface area (Å²) in [5.41, 5.74) is 0.590. The Hall–Kier alpha value is -2.11. The van der Waals surface area contributed by atoms with Crippen LogP contribution in [0.5, 0.6) is 0 Å². The lowest BCUT2D eigenvalue weighted by molar-refractivity contribution is -0.384. The van der Waals surface area contributed by atoms with E-state index < -0.39 is 11.0 Å². The van der Waals surface area contributed by atoms with Gasteiger partial charge in [-0.15, -0.1) is 0 Å². The highest BCUT2D eigenvalue weighted by Crippen LogP contribution is 2.19. The van der Waals surface area contributed by atoms with Gasteiger partial charge >= 0.3 is 0 Å². The van der Waals surface area contributed by atoms with Crippen LogP contribution in [0.2, 0.25) is 0 Å². The largest absolute Gasteiger partial charge is 0.374 e. The van der Waals surface area contributed by atoms with Gasteiger partial charge < -0.3 is 10.6 Å². The highest BCUT2D eigenvalue weighted by molar-refractivity contribution is 5.84. The van der Waals surface area contributed by atoms with Gasteiger partial charge in [0, 0.05) is 23.9 Å². The van der Waals surface area contributed by atoms with Crippen molar-refractivity contribution in [2.75, 3.05) is 5.32 Å². The van der Waals surface area contributed by atoms with E-state index in [2.05, 4.69) is 10.6 Å². The van der Waals surface area contributed by atoms with E-state index in [0.29, 0.717) is 5.69 Å². The van der Waals surface area contributed by atoms with Crippen molar-refractivity contribution in [1.29, 1.82) is 0 Å². The van der Waals surface area contributed by atoms with Gasteiger partial charge in [0.05, 0.1) is 4.92 Å². The molecule has 0 aromatic heterocycles. The van der Waals surface area contributed by atoms with Crippen LogP contribution < -0.4 is 10.6 Å². The van der Waals surface area contributed by atoms with Gasteiger partial charge in [-0.05, 0) is 25.8 Å². The highest BCUT2D eigenvalue weighted by atomic mass is 16.6. The number of amides is 1. The predicted molar refractivity (Wildman–Crippen MR) is 76.6 cm³/mol. The van der Waals surface area contributed by atoms with Gasteiger partial charge in [-0.1, -0.05) is 18.9 Å². The Morgan fingerprint density at radius 3 is 2.75 bits per heavy atom. The number of carbonyl (C=O) groups is 1. The predicted octanol–water partition coefficient (Wildman–Crippen LogP) is 2.45. The van der Waals surface area contributed by atoms with Crippen molar-refractivity contribution in [2.45, 2.75) is 44.7 Å². The quantitative estimate of drug-likeness (QED) is 0.639. The van der Waals surface area contributed by atoms with Gasteiger partial charge in [-0.3, -0.25) is 14.9 Å². The Kier molecular flexibility index (Phi) is 4.55. The van der Waals surface area contributed by atoms with Crippen molar-refractivity contribution in [3.63, 3.8) is 0 Å². The molecular formula is C14H19N3O3. The summed E-state index contributed by atoms with van der Waals surface area (Å²) in [5, 5.41) is 16.7. The maximum absolute atomic E-state index is 12.0. The SMILES string of the molecule is C[C@H](Nc1cccc([N+](=O)[O-])c1)C(=O)NC1CCCC1. The number of benzene rings is 1. The minimum atomic E-state index is -0.450. The second-order valence-electron chi connectivity index (χ2n) is 5.16. The van der Waals surface area contributed by atoms with E-state index in [1.54, 1.807) is 19.1 Å². The lowest BCUT2D eigenvalue weighted by atomic mass is 10.2. The standard InChI is InChI=1S/C14H19N3O3/c1-10(14(18)16-11-5-2-3-6-11)15-12-7-4-8-13(9-12)17(19)20/h4,7-11,15H,2-3,5-6H2,1H3,(H,16,18)/t10-/m0/s1. The number of nitrogens with zero attached hydrogens (tertiary/aromatic N) is 1. The van der Waals surface area contributed by atoms with Crippen molar-refractivity contribution < 1.29 is 9.72 Å². The molecule has 0 aliphatic heterocycles. The average molecular weight is 277 g/mol. The van der Waals surface area contributed by atoms with Crippen molar-refractivity contribution in [3.05, 3.63) is 34.4 Å². The fourth-order valence-electron chi connectivity index (χ4n) is 2.42. The third-order valence-corrected chi connectivity index (χ3v) is 3.53. The summed E-state index contributed by atoms with van der Waals surface area (Å²) in [6.07, 6.45) is 4.40. The van der Waals surface area contributed by atoms with E-state index in [-0.39, 0.29) is 17.6 Å². The molecule has 1 saturated carbocycles. The lowest BCUT2D eigenvalue weighted by Crippen LogP contribution is -2.42. The summed E-state index contributed by atoms with van der Waals surface area (Å²) < 4.78 is 0. The van der Waals surface area contributed by atoms with E-state index in [9.17, 15) is 14.9 Å². The number of anilines is 1. The molecule has 1 aromatic carbocycles. The lowest BCUT2D eigenvalue weighted by Gasteiger charge is -2.18. The second-order valence-corrected chi connectivity index (χ2v) is 5.16. The Bertz CT molecular complexity index is 498. The maximum Gasteiger partial charge on any atom is 0.271 e. The van der Waals surface area contributed by atoms with Crippen molar-refractivity contribution in [3.8, 4) is 0 Å². The zero-order chi connectivity index (χ0) is 14.5. The monoisotopic (exact) mass is 277 g/mol. The van der Waals surface area contributed by atoms with Gasteiger partial charge in [0.15, 0.2) is 0 Å². The average Bonchev–Trinajstić information content (AvgIpc) is 2.91. The Labute approximate surface area is 117 Å². The van der Waals surface area contributed by atoms with Crippen LogP contribution in [0, 0.1) is 10.1 Å². The van der Waals surface area contributed by atoms with Crippen molar-refractivity contribution in [1.82, 2.24) is 5.32 Å². The highest BCUT2D eigenvalue weighted by Gasteiger charge is 2.20. The molecule has 2 N–H and O–H groups in total. The number of nitrogens with one attached hydrogen (secondary N) is 2. The number of non-ortho nitro benzene ring substituents is 1. The minimum absolute atomic E-state index is 0.0124. The van der Waals surface area contributed by atoms with Crippen LogP contribution in [0.25, 0.3) is 0 Å². The third-order valence-electron chi connectivity index (χ3n) is 3.53. The topological polar surface area (TPSA) is 84.3 Å². The molecule has 1 aliphatic rings. The fourth-order valence-corrected chi connectivity index (χ4v) is 2.42. The Morgan fingerprint density at radius 2 is 2.10 bits per heavy atom. The molecule has 2 rings (SSSR count). The minimum Gasteiger partial charge on any atom is -0.374 e. The van der Waals surface area contributed by atoms with Crippen molar-refractivity contribution >= 4 is 17.3 Å². The molecule has 1 aliphatic carbocycles. The third kappa shape index (κ3) is 3.69. The first-order chi connectivity index (χ1) is 9.56. The number of hydrogen-bond donors (Lipinski definition) is 2. The van der Waals surface area contributed by atoms with Crippen LogP contribution in [-0.4, -0.2) is 22.9 Å². The second kappa shape index (κ2) is 6.36. The first kappa shape index (κ1) is 14.3. The molecule has 1 fully saturated rings. The molecule has 6 nitrogen and oxygen atoms in total. The van der Waals surface area contributed by atoms with E-state index in [0.717, 1.165) is 25.7 Å². The van der Waals surface area contributed by atoms with Gasteiger partial charge in [-0.25, -0.2) is 0 Å². The van der Waals surface area contributed by atoms with E-state index in [4.69, 9.17) is 0 Å². The fraction of sp³-hybridized carbons (Fsp3) is 0.500. The number of nitro groups is 1. The van der Waals surface area contributed by atoms with E-state index in [1.165, 1.54) is 12.1 Å². The molecule has 0 unspecified atom stereocenters. The summed E-state index contributed by atoms with van der Waals surface area (Å²) >= 11 is 0. The number of rotatable bonds is 5. The normalized spacial score (nSPS) is 16.6. The van der Waals surface area contributed by atoms with Gasteiger partial charge in [-0.2, -0.15) is 0 Å². The van der Waals surface area contributed by atoms with Crippen LogP contribution >= 0.6 is 0 Å². The summed E-state index contributed by atoms with van der Waals surface area (Å²) in [7, 11) is 0. The summed E-state index contributed by atoms with van der Waals surface area (Å²) in [5.74, 6) is -0.0663. The van der Waals surface area contributed by atoms with E-state index >= 15 is 0 Å². The zero-order valence-electron chi connectivity index (χ0n) is 11.5. The molecule has 1 atom stereocenters. The summed E-state index contributed by atoms with van der Waals surface area (Å²) in [6, 6.07) is 6.02. The molecule has 0 bridgehead atoms. The summed E-state index contributed by atoms with van der Waals surface area (Å²) in [4.78, 5) is 22.3. The molecular weight excluding hydrogens is 258 g/mol. The number of carbonyl (C=O) groups excluding carboxylic acids is 1. The maximum atomic E-state index is 12.0. The van der Waals surface area contributed by atoms with E-state index in [1.807, 2.05) is 0 Å². The smallest absolute Gasteiger partial charge is 0.271 e. The van der Waals surface area contributed by atoms with Crippen LogP contribution in [0.1, 0.15) is 32.6 Å².